The van der Waals surface area contributed by atoms with Crippen molar-refractivity contribution in [1.82, 2.24) is 0 Å². The van der Waals surface area contributed by atoms with E-state index in [1.165, 1.54) is 12.1 Å². The number of halogens is 2. The molecule has 0 heterocycles. The molecule has 1 aromatic carbocycles. The van der Waals surface area contributed by atoms with Crippen molar-refractivity contribution < 1.29 is 9.13 Å². The van der Waals surface area contributed by atoms with Crippen LogP contribution in [-0.4, -0.2) is 18.8 Å². The van der Waals surface area contributed by atoms with Crippen molar-refractivity contribution in [3.05, 3.63) is 34.1 Å². The Balaban J connectivity index is 2.65. The van der Waals surface area contributed by atoms with Crippen LogP contribution in [0.5, 0.6) is 0 Å². The van der Waals surface area contributed by atoms with Gasteiger partial charge in [-0.25, -0.2) is 4.39 Å². The van der Waals surface area contributed by atoms with Crippen LogP contribution in [0.15, 0.2) is 22.7 Å². The fraction of sp³-hybridized carbons (Fsp3) is 0.500. The highest BCUT2D eigenvalue weighted by Crippen LogP contribution is 2.16. The number of rotatable bonds is 5. The van der Waals surface area contributed by atoms with Gasteiger partial charge in [0, 0.05) is 17.1 Å². The van der Waals surface area contributed by atoms with Gasteiger partial charge in [0.2, 0.25) is 0 Å². The van der Waals surface area contributed by atoms with E-state index in [1.54, 1.807) is 0 Å². The Morgan fingerprint density at radius 1 is 1.44 bits per heavy atom. The Labute approximate surface area is 104 Å². The van der Waals surface area contributed by atoms with Gasteiger partial charge in [0.1, 0.15) is 5.82 Å². The zero-order chi connectivity index (χ0) is 12.1. The maximum atomic E-state index is 13.1. The first-order chi connectivity index (χ1) is 7.52. The van der Waals surface area contributed by atoms with Crippen molar-refractivity contribution in [2.75, 3.05) is 6.61 Å². The fourth-order valence-electron chi connectivity index (χ4n) is 1.55. The Bertz CT molecular complexity index is 326. The Morgan fingerprint density at radius 2 is 2.12 bits per heavy atom. The Kier molecular flexibility index (Phi) is 5.38. The van der Waals surface area contributed by atoms with Gasteiger partial charge in [0.05, 0.1) is 6.10 Å². The Morgan fingerprint density at radius 3 is 2.69 bits per heavy atom. The van der Waals surface area contributed by atoms with Gasteiger partial charge in [-0.2, -0.15) is 0 Å². The highest BCUT2D eigenvalue weighted by molar-refractivity contribution is 9.10. The van der Waals surface area contributed by atoms with E-state index < -0.39 is 0 Å². The molecule has 0 aliphatic rings. The van der Waals surface area contributed by atoms with Crippen molar-refractivity contribution in [2.45, 2.75) is 32.4 Å². The maximum absolute atomic E-state index is 13.1. The quantitative estimate of drug-likeness (QED) is 0.905. The number of hydrogen-bond acceptors (Lipinski definition) is 2. The summed E-state index contributed by atoms with van der Waals surface area (Å²) in [5.74, 6) is -0.249. The molecule has 4 heteroatoms. The molecule has 16 heavy (non-hydrogen) atoms. The predicted molar refractivity (Wildman–Crippen MR) is 66.9 cm³/mol. The van der Waals surface area contributed by atoms with Gasteiger partial charge in [-0.05, 0) is 44.0 Å². The van der Waals surface area contributed by atoms with Crippen molar-refractivity contribution >= 4 is 15.9 Å². The normalized spacial score (nSPS) is 14.8. The van der Waals surface area contributed by atoms with Gasteiger partial charge in [0.25, 0.3) is 0 Å². The molecule has 2 nitrogen and oxygen atoms in total. The zero-order valence-corrected chi connectivity index (χ0v) is 11.1. The Hall–Kier alpha value is -0.450. The SMILES string of the molecule is CCOC(C)C(N)Cc1cc(F)cc(Br)c1. The molecule has 2 unspecified atom stereocenters. The molecule has 0 aliphatic carbocycles. The summed E-state index contributed by atoms with van der Waals surface area (Å²) >= 11 is 3.26. The largest absolute Gasteiger partial charge is 0.377 e. The topological polar surface area (TPSA) is 35.2 Å². The lowest BCUT2D eigenvalue weighted by molar-refractivity contribution is 0.0577. The summed E-state index contributed by atoms with van der Waals surface area (Å²) in [5.41, 5.74) is 6.85. The van der Waals surface area contributed by atoms with Crippen molar-refractivity contribution in [3.63, 3.8) is 0 Å². The maximum Gasteiger partial charge on any atom is 0.124 e. The summed E-state index contributed by atoms with van der Waals surface area (Å²) in [5, 5.41) is 0. The van der Waals surface area contributed by atoms with Crippen molar-refractivity contribution in [2.24, 2.45) is 5.73 Å². The molecule has 0 aliphatic heterocycles. The van der Waals surface area contributed by atoms with E-state index in [0.717, 1.165) is 10.0 Å². The zero-order valence-electron chi connectivity index (χ0n) is 9.54. The minimum atomic E-state index is -0.249. The summed E-state index contributed by atoms with van der Waals surface area (Å²) in [6.45, 7) is 4.51. The van der Waals surface area contributed by atoms with Gasteiger partial charge < -0.3 is 10.5 Å². The van der Waals surface area contributed by atoms with E-state index in [4.69, 9.17) is 10.5 Å². The highest BCUT2D eigenvalue weighted by atomic mass is 79.9. The number of benzene rings is 1. The molecular weight excluding hydrogens is 273 g/mol. The fourth-order valence-corrected chi connectivity index (χ4v) is 2.07. The van der Waals surface area contributed by atoms with Crippen LogP contribution in [0.1, 0.15) is 19.4 Å². The molecule has 1 aromatic rings. The molecule has 0 saturated carbocycles. The molecular formula is C12H17BrFNO. The smallest absolute Gasteiger partial charge is 0.124 e. The second-order valence-electron chi connectivity index (χ2n) is 3.81. The molecule has 90 valence electrons. The summed E-state index contributed by atoms with van der Waals surface area (Å²) in [6.07, 6.45) is 0.587. The average molecular weight is 290 g/mol. The molecule has 2 atom stereocenters. The van der Waals surface area contributed by atoms with Crippen LogP contribution in [0.25, 0.3) is 0 Å². The van der Waals surface area contributed by atoms with Gasteiger partial charge in [-0.1, -0.05) is 15.9 Å². The monoisotopic (exact) mass is 289 g/mol. The van der Waals surface area contributed by atoms with Crippen LogP contribution < -0.4 is 5.73 Å². The lowest BCUT2D eigenvalue weighted by Gasteiger charge is -2.19. The van der Waals surface area contributed by atoms with Crippen LogP contribution in [0.2, 0.25) is 0 Å². The molecule has 2 N–H and O–H groups in total. The first-order valence-electron chi connectivity index (χ1n) is 5.35. The predicted octanol–water partition coefficient (Wildman–Crippen LogP) is 2.88. The van der Waals surface area contributed by atoms with E-state index in [9.17, 15) is 4.39 Å². The summed E-state index contributed by atoms with van der Waals surface area (Å²) in [4.78, 5) is 0. The summed E-state index contributed by atoms with van der Waals surface area (Å²) < 4.78 is 19.3. The molecule has 1 rings (SSSR count). The molecule has 0 fully saturated rings. The first-order valence-corrected chi connectivity index (χ1v) is 6.14. The van der Waals surface area contributed by atoms with Crippen LogP contribution in [0.3, 0.4) is 0 Å². The van der Waals surface area contributed by atoms with Gasteiger partial charge in [-0.3, -0.25) is 0 Å². The molecule has 0 aromatic heterocycles. The molecule has 0 spiro atoms. The number of nitrogens with two attached hydrogens (primary N) is 1. The van der Waals surface area contributed by atoms with Crippen LogP contribution in [-0.2, 0) is 11.2 Å². The van der Waals surface area contributed by atoms with Crippen LogP contribution >= 0.6 is 15.9 Å². The third kappa shape index (κ3) is 4.20. The minimum absolute atomic E-state index is 0.0213. The van der Waals surface area contributed by atoms with Gasteiger partial charge >= 0.3 is 0 Å². The first kappa shape index (κ1) is 13.6. The van der Waals surface area contributed by atoms with Gasteiger partial charge in [-0.15, -0.1) is 0 Å². The third-order valence-corrected chi connectivity index (χ3v) is 2.88. The molecule has 0 bridgehead atoms. The summed E-state index contributed by atoms with van der Waals surface area (Å²) in [7, 11) is 0. The van der Waals surface area contributed by atoms with E-state index in [0.29, 0.717) is 13.0 Å². The van der Waals surface area contributed by atoms with E-state index >= 15 is 0 Å². The molecule has 0 amide bonds. The van der Waals surface area contributed by atoms with Crippen LogP contribution in [0.4, 0.5) is 4.39 Å². The third-order valence-electron chi connectivity index (χ3n) is 2.43. The summed E-state index contributed by atoms with van der Waals surface area (Å²) in [6, 6.07) is 4.69. The van der Waals surface area contributed by atoms with Crippen LogP contribution in [0, 0.1) is 5.82 Å². The second-order valence-corrected chi connectivity index (χ2v) is 4.72. The molecule has 0 radical (unpaired) electrons. The van der Waals surface area contributed by atoms with Crippen molar-refractivity contribution in [3.8, 4) is 0 Å². The highest BCUT2D eigenvalue weighted by Gasteiger charge is 2.13. The number of ether oxygens (including phenoxy) is 1. The lowest BCUT2D eigenvalue weighted by atomic mass is 10.0. The molecule has 0 saturated heterocycles. The standard InChI is InChI=1S/C12H17BrFNO/c1-3-16-8(2)12(15)6-9-4-10(13)7-11(14)5-9/h4-5,7-8,12H,3,6,15H2,1-2H3. The van der Waals surface area contributed by atoms with E-state index in [2.05, 4.69) is 15.9 Å². The van der Waals surface area contributed by atoms with E-state index in [1.807, 2.05) is 19.9 Å². The minimum Gasteiger partial charge on any atom is -0.377 e. The number of hydrogen-bond donors (Lipinski definition) is 1. The van der Waals surface area contributed by atoms with Crippen molar-refractivity contribution in [1.29, 1.82) is 0 Å². The van der Waals surface area contributed by atoms with Gasteiger partial charge in [0.15, 0.2) is 0 Å². The van der Waals surface area contributed by atoms with E-state index in [-0.39, 0.29) is 18.0 Å². The second kappa shape index (κ2) is 6.33. The average Bonchev–Trinajstić information content (AvgIpc) is 2.16. The lowest BCUT2D eigenvalue weighted by Crippen LogP contribution is -2.36.